The van der Waals surface area contributed by atoms with Crippen molar-refractivity contribution in [1.29, 1.82) is 0 Å². The number of nitrogens with one attached hydrogen (secondary N) is 1. The third-order valence-corrected chi connectivity index (χ3v) is 4.69. The van der Waals surface area contributed by atoms with Gasteiger partial charge in [0.25, 0.3) is 5.91 Å². The number of rotatable bonds is 5. The maximum absolute atomic E-state index is 13.4. The van der Waals surface area contributed by atoms with Crippen LogP contribution < -0.4 is 10.1 Å². The lowest BCUT2D eigenvalue weighted by Crippen LogP contribution is -2.40. The van der Waals surface area contributed by atoms with Crippen molar-refractivity contribution >= 4 is 38.5 Å². The highest BCUT2D eigenvalue weighted by atomic mass is 32.2. The van der Waals surface area contributed by atoms with Gasteiger partial charge in [0, 0.05) is 5.69 Å². The summed E-state index contributed by atoms with van der Waals surface area (Å²) in [5, 5.41) is -0.992. The largest absolute Gasteiger partial charge is 0.743 e. The van der Waals surface area contributed by atoms with E-state index in [1.54, 1.807) is 18.2 Å². The molecular weight excluding hydrogens is 408 g/mol. The molecule has 1 N–H and O–H groups in total. The van der Waals surface area contributed by atoms with Gasteiger partial charge >= 0.3 is 11.2 Å². The lowest BCUT2D eigenvalue weighted by molar-refractivity contribution is -0.151. The van der Waals surface area contributed by atoms with Gasteiger partial charge in [-0.3, -0.25) is 4.79 Å². The van der Waals surface area contributed by atoms with Crippen molar-refractivity contribution in [2.45, 2.75) is 5.25 Å². The van der Waals surface area contributed by atoms with Crippen molar-refractivity contribution in [1.82, 2.24) is 0 Å². The summed E-state index contributed by atoms with van der Waals surface area (Å²) in [6, 6.07) is 17.3. The van der Waals surface area contributed by atoms with Gasteiger partial charge in [-0.05, 0) is 35.0 Å². The summed E-state index contributed by atoms with van der Waals surface area (Å²) in [4.78, 5) is 24.0. The molecule has 150 valence electrons. The summed E-state index contributed by atoms with van der Waals surface area (Å²) < 4.78 is 62.8. The smallest absolute Gasteiger partial charge is 0.429 e. The first-order valence-corrected chi connectivity index (χ1v) is 9.45. The van der Waals surface area contributed by atoms with Gasteiger partial charge in [0.2, 0.25) is 0 Å². The number of esters is 1. The Morgan fingerprint density at radius 2 is 1.55 bits per heavy atom. The van der Waals surface area contributed by atoms with E-state index in [9.17, 15) is 31.3 Å². The molecule has 0 aliphatic heterocycles. The van der Waals surface area contributed by atoms with Gasteiger partial charge in [0.05, 0.1) is 5.56 Å². The quantitative estimate of drug-likeness (QED) is 0.386. The van der Waals surface area contributed by atoms with E-state index in [1.165, 1.54) is 18.2 Å². The minimum atomic E-state index is -6.28. The average Bonchev–Trinajstić information content (AvgIpc) is 2.67. The first kappa shape index (κ1) is 20.4. The molecule has 10 heteroatoms. The molecule has 3 aromatic rings. The Hall–Kier alpha value is -3.37. The van der Waals surface area contributed by atoms with Crippen LogP contribution in [0.1, 0.15) is 10.4 Å². The van der Waals surface area contributed by atoms with E-state index in [0.29, 0.717) is 5.69 Å². The second-order valence-corrected chi connectivity index (χ2v) is 7.29. The maximum atomic E-state index is 13.4. The molecular formula is C19H12F2NO6S-. The molecule has 0 radical (unpaired) electrons. The highest BCUT2D eigenvalue weighted by Crippen LogP contribution is 2.27. The van der Waals surface area contributed by atoms with Crippen molar-refractivity contribution in [3.63, 3.8) is 0 Å². The number of halogens is 2. The third kappa shape index (κ3) is 4.23. The lowest BCUT2D eigenvalue weighted by atomic mass is 10.1. The van der Waals surface area contributed by atoms with Gasteiger partial charge < -0.3 is 14.6 Å². The van der Waals surface area contributed by atoms with Crippen LogP contribution in [0.4, 0.5) is 14.5 Å². The summed E-state index contributed by atoms with van der Waals surface area (Å²) in [5.74, 6) is -4.02. The van der Waals surface area contributed by atoms with Crippen LogP contribution in [0.15, 0.2) is 66.7 Å². The number of hydrogen-bond donors (Lipinski definition) is 1. The predicted octanol–water partition coefficient (Wildman–Crippen LogP) is 3.14. The second kappa shape index (κ2) is 7.57. The summed E-state index contributed by atoms with van der Waals surface area (Å²) in [6.07, 6.45) is 0. The number of alkyl halides is 2. The molecule has 7 nitrogen and oxygen atoms in total. The van der Waals surface area contributed by atoms with Crippen LogP contribution in [-0.4, -0.2) is 30.1 Å². The normalized spacial score (nSPS) is 11.8. The van der Waals surface area contributed by atoms with Gasteiger partial charge in [0.15, 0.2) is 10.1 Å². The Bertz CT molecular complexity index is 1210. The molecule has 0 unspecified atom stereocenters. The summed E-state index contributed by atoms with van der Waals surface area (Å²) in [6.45, 7) is 0. The third-order valence-electron chi connectivity index (χ3n) is 3.89. The summed E-state index contributed by atoms with van der Waals surface area (Å²) in [5.41, 5.74) is 0.0791. The van der Waals surface area contributed by atoms with E-state index < -0.39 is 33.0 Å². The molecule has 0 heterocycles. The van der Waals surface area contributed by atoms with Crippen LogP contribution in [0.5, 0.6) is 5.75 Å². The van der Waals surface area contributed by atoms with Crippen LogP contribution in [0, 0.1) is 0 Å². The summed E-state index contributed by atoms with van der Waals surface area (Å²) >= 11 is 0. The fourth-order valence-electron chi connectivity index (χ4n) is 2.47. The Morgan fingerprint density at radius 1 is 0.931 bits per heavy atom. The van der Waals surface area contributed by atoms with E-state index in [1.807, 2.05) is 24.3 Å². The highest BCUT2D eigenvalue weighted by Gasteiger charge is 2.49. The van der Waals surface area contributed by atoms with Crippen molar-refractivity contribution in [3.05, 3.63) is 72.3 Å². The minimum absolute atomic E-state index is 0.312. The Morgan fingerprint density at radius 3 is 2.24 bits per heavy atom. The molecule has 0 atom stereocenters. The zero-order chi connectivity index (χ0) is 21.2. The van der Waals surface area contributed by atoms with Crippen LogP contribution in [0.25, 0.3) is 10.8 Å². The van der Waals surface area contributed by atoms with Gasteiger partial charge in [-0.15, -0.1) is 0 Å². The molecule has 0 saturated carbocycles. The maximum Gasteiger partial charge on any atom is 0.429 e. The second-order valence-electron chi connectivity index (χ2n) is 5.87. The van der Waals surface area contributed by atoms with E-state index in [4.69, 9.17) is 0 Å². The summed E-state index contributed by atoms with van der Waals surface area (Å²) in [7, 11) is -6.28. The van der Waals surface area contributed by atoms with E-state index in [0.717, 1.165) is 16.8 Å². The molecule has 3 aromatic carbocycles. The van der Waals surface area contributed by atoms with Crippen molar-refractivity contribution in [2.24, 2.45) is 0 Å². The first-order chi connectivity index (χ1) is 13.6. The van der Waals surface area contributed by atoms with E-state index in [-0.39, 0.29) is 5.56 Å². The van der Waals surface area contributed by atoms with Crippen LogP contribution in [-0.2, 0) is 14.9 Å². The number of para-hydroxylation sites is 1. The zero-order valence-corrected chi connectivity index (χ0v) is 15.3. The zero-order valence-electron chi connectivity index (χ0n) is 14.5. The Kier molecular flexibility index (Phi) is 5.31. The SMILES string of the molecule is O=C(Nc1ccc2ccccc2c1)c1ccccc1OC(=O)C(F)(F)S(=O)(=O)[O-]. The van der Waals surface area contributed by atoms with E-state index >= 15 is 0 Å². The van der Waals surface area contributed by atoms with Gasteiger partial charge in [0.1, 0.15) is 5.75 Å². The molecule has 0 saturated heterocycles. The first-order valence-electron chi connectivity index (χ1n) is 8.04. The molecule has 29 heavy (non-hydrogen) atoms. The fourth-order valence-corrected chi connectivity index (χ4v) is 2.72. The van der Waals surface area contributed by atoms with Crippen molar-refractivity contribution < 1.29 is 36.1 Å². The number of amides is 1. The van der Waals surface area contributed by atoms with Crippen LogP contribution in [0.3, 0.4) is 0 Å². The number of carbonyl (C=O) groups is 2. The minimum Gasteiger partial charge on any atom is -0.743 e. The number of anilines is 1. The van der Waals surface area contributed by atoms with Gasteiger partial charge in [-0.25, -0.2) is 13.2 Å². The number of fused-ring (bicyclic) bond motifs is 1. The van der Waals surface area contributed by atoms with Crippen LogP contribution >= 0.6 is 0 Å². The molecule has 0 aliphatic rings. The number of hydrogen-bond acceptors (Lipinski definition) is 6. The molecule has 0 aromatic heterocycles. The van der Waals surface area contributed by atoms with Crippen molar-refractivity contribution in [2.75, 3.05) is 5.32 Å². The van der Waals surface area contributed by atoms with E-state index in [2.05, 4.69) is 10.1 Å². The molecule has 1 amide bonds. The molecule has 0 aliphatic carbocycles. The molecule has 3 rings (SSSR count). The molecule has 0 fully saturated rings. The Balaban J connectivity index is 1.85. The monoisotopic (exact) mass is 420 g/mol. The fraction of sp³-hybridized carbons (Fsp3) is 0.0526. The standard InChI is InChI=1S/C19H13F2NO6S/c20-19(21,29(25,26)27)18(24)28-16-8-4-3-7-15(16)17(23)22-14-10-9-12-5-1-2-6-13(12)11-14/h1-11H,(H,22,23)(H,25,26,27)/p-1. The van der Waals surface area contributed by atoms with Gasteiger partial charge in [-0.1, -0.05) is 42.5 Å². The molecule has 0 spiro atoms. The Labute approximate surface area is 163 Å². The molecule has 0 bridgehead atoms. The van der Waals surface area contributed by atoms with Gasteiger partial charge in [-0.2, -0.15) is 8.78 Å². The lowest BCUT2D eigenvalue weighted by Gasteiger charge is -2.18. The number of benzene rings is 3. The predicted molar refractivity (Wildman–Crippen MR) is 98.6 cm³/mol. The average molecular weight is 420 g/mol. The highest BCUT2D eigenvalue weighted by molar-refractivity contribution is 7.87. The van der Waals surface area contributed by atoms with Crippen molar-refractivity contribution in [3.8, 4) is 5.75 Å². The topological polar surface area (TPSA) is 113 Å². The van der Waals surface area contributed by atoms with Crippen LogP contribution in [0.2, 0.25) is 0 Å². The number of carbonyl (C=O) groups excluding carboxylic acids is 2. The number of ether oxygens (including phenoxy) is 1.